The second kappa shape index (κ2) is 5.74. The molecule has 0 aliphatic heterocycles. The van der Waals surface area contributed by atoms with Crippen LogP contribution < -0.4 is 10.0 Å². The fourth-order valence-corrected chi connectivity index (χ4v) is 3.59. The van der Waals surface area contributed by atoms with E-state index >= 15 is 0 Å². The second-order valence-corrected chi connectivity index (χ2v) is 8.14. The molecular weight excluding hydrogens is 272 g/mol. The van der Waals surface area contributed by atoms with Crippen LogP contribution in [0.25, 0.3) is 0 Å². The van der Waals surface area contributed by atoms with E-state index in [0.717, 1.165) is 12.8 Å². The van der Waals surface area contributed by atoms with Gasteiger partial charge in [-0.25, -0.2) is 13.1 Å². The van der Waals surface area contributed by atoms with Crippen LogP contribution in [0.3, 0.4) is 0 Å². The third-order valence-electron chi connectivity index (χ3n) is 4.14. The van der Waals surface area contributed by atoms with E-state index in [1.807, 2.05) is 12.1 Å². The fraction of sp³-hybridized carbons (Fsp3) is 0.600. The van der Waals surface area contributed by atoms with Crippen LogP contribution in [0.2, 0.25) is 0 Å². The number of anilines is 1. The lowest BCUT2D eigenvalue weighted by Gasteiger charge is -2.35. The Morgan fingerprint density at radius 3 is 2.35 bits per heavy atom. The number of para-hydroxylation sites is 1. The molecule has 1 saturated carbocycles. The van der Waals surface area contributed by atoms with E-state index in [1.54, 1.807) is 12.1 Å². The van der Waals surface area contributed by atoms with Gasteiger partial charge in [0.1, 0.15) is 4.90 Å². The van der Waals surface area contributed by atoms with Gasteiger partial charge in [-0.1, -0.05) is 26.0 Å². The fourth-order valence-electron chi connectivity index (χ4n) is 2.69. The predicted molar refractivity (Wildman–Crippen MR) is 82.3 cm³/mol. The van der Waals surface area contributed by atoms with Gasteiger partial charge in [-0.3, -0.25) is 0 Å². The normalized spacial score (nSPS) is 19.8. The summed E-state index contributed by atoms with van der Waals surface area (Å²) >= 11 is 0. The zero-order valence-corrected chi connectivity index (χ0v) is 13.3. The van der Waals surface area contributed by atoms with E-state index in [2.05, 4.69) is 23.9 Å². The Hall–Kier alpha value is -1.07. The van der Waals surface area contributed by atoms with E-state index in [-0.39, 0.29) is 0 Å². The minimum Gasteiger partial charge on any atom is -0.381 e. The van der Waals surface area contributed by atoms with E-state index < -0.39 is 10.0 Å². The van der Waals surface area contributed by atoms with Crippen LogP contribution >= 0.6 is 0 Å². The highest BCUT2D eigenvalue weighted by Crippen LogP contribution is 2.36. The Labute approximate surface area is 122 Å². The molecule has 0 radical (unpaired) electrons. The Bertz CT molecular complexity index is 557. The zero-order valence-electron chi connectivity index (χ0n) is 12.4. The van der Waals surface area contributed by atoms with Gasteiger partial charge in [0.25, 0.3) is 0 Å². The summed E-state index contributed by atoms with van der Waals surface area (Å²) in [5.74, 6) is 0. The third kappa shape index (κ3) is 3.52. The maximum absolute atomic E-state index is 12.0. The molecular formula is C15H24N2O2S. The number of benzene rings is 1. The Morgan fingerprint density at radius 2 is 1.75 bits per heavy atom. The van der Waals surface area contributed by atoms with Gasteiger partial charge in [0.2, 0.25) is 10.0 Å². The number of sulfonamides is 1. The van der Waals surface area contributed by atoms with Crippen LogP contribution in [-0.4, -0.2) is 21.5 Å². The van der Waals surface area contributed by atoms with Crippen molar-refractivity contribution in [2.24, 2.45) is 5.41 Å². The Kier molecular flexibility index (Phi) is 4.39. The summed E-state index contributed by atoms with van der Waals surface area (Å²) in [6, 6.07) is 7.45. The van der Waals surface area contributed by atoms with E-state index in [1.165, 1.54) is 19.9 Å². The van der Waals surface area contributed by atoms with E-state index in [4.69, 9.17) is 0 Å². The van der Waals surface area contributed by atoms with Crippen LogP contribution in [-0.2, 0) is 10.0 Å². The highest BCUT2D eigenvalue weighted by atomic mass is 32.2. The molecule has 1 aliphatic rings. The lowest BCUT2D eigenvalue weighted by atomic mass is 9.75. The number of rotatable bonds is 4. The molecule has 0 amide bonds. The maximum Gasteiger partial charge on any atom is 0.242 e. The van der Waals surface area contributed by atoms with Crippen molar-refractivity contribution in [1.29, 1.82) is 0 Å². The zero-order chi connectivity index (χ0) is 14.8. The average molecular weight is 296 g/mol. The van der Waals surface area contributed by atoms with Gasteiger partial charge in [-0.05, 0) is 50.3 Å². The molecule has 1 aromatic carbocycles. The first-order valence-electron chi connectivity index (χ1n) is 7.13. The van der Waals surface area contributed by atoms with E-state index in [0.29, 0.717) is 22.0 Å². The molecule has 1 fully saturated rings. The van der Waals surface area contributed by atoms with Gasteiger partial charge in [0, 0.05) is 6.04 Å². The number of hydrogen-bond acceptors (Lipinski definition) is 3. The summed E-state index contributed by atoms with van der Waals surface area (Å²) < 4.78 is 26.4. The van der Waals surface area contributed by atoms with Crippen molar-refractivity contribution in [1.82, 2.24) is 4.72 Å². The molecule has 1 aromatic rings. The molecule has 0 heterocycles. The third-order valence-corrected chi connectivity index (χ3v) is 5.62. The molecule has 4 nitrogen and oxygen atoms in total. The molecule has 1 aliphatic carbocycles. The number of nitrogens with one attached hydrogen (secondary N) is 2. The highest BCUT2D eigenvalue weighted by Gasteiger charge is 2.27. The first-order valence-corrected chi connectivity index (χ1v) is 8.61. The molecule has 5 heteroatoms. The SMILES string of the molecule is CNS(=O)(=O)c1ccccc1NC1CCC(C)(C)CC1. The summed E-state index contributed by atoms with van der Waals surface area (Å²) in [6.45, 7) is 4.59. The molecule has 0 spiro atoms. The van der Waals surface area contributed by atoms with Crippen molar-refractivity contribution >= 4 is 15.7 Å². The summed E-state index contributed by atoms with van der Waals surface area (Å²) in [6.07, 6.45) is 4.51. The van der Waals surface area contributed by atoms with Crippen molar-refractivity contribution in [3.05, 3.63) is 24.3 Å². The molecule has 0 unspecified atom stereocenters. The van der Waals surface area contributed by atoms with Crippen LogP contribution in [0, 0.1) is 5.41 Å². The van der Waals surface area contributed by atoms with Gasteiger partial charge in [0.15, 0.2) is 0 Å². The minimum absolute atomic E-state index is 0.326. The first-order chi connectivity index (χ1) is 9.34. The van der Waals surface area contributed by atoms with Crippen molar-refractivity contribution in [2.75, 3.05) is 12.4 Å². The first kappa shape index (κ1) is 15.3. The standard InChI is InChI=1S/C15H24N2O2S/c1-15(2)10-8-12(9-11-15)17-13-6-4-5-7-14(13)20(18,19)16-3/h4-7,12,16-17H,8-11H2,1-3H3. The summed E-state index contributed by atoms with van der Waals surface area (Å²) in [5.41, 5.74) is 1.11. The van der Waals surface area contributed by atoms with E-state index in [9.17, 15) is 8.42 Å². The quantitative estimate of drug-likeness (QED) is 0.898. The van der Waals surface area contributed by atoms with Crippen molar-refractivity contribution in [3.63, 3.8) is 0 Å². The van der Waals surface area contributed by atoms with Crippen molar-refractivity contribution in [2.45, 2.75) is 50.5 Å². The van der Waals surface area contributed by atoms with Gasteiger partial charge in [-0.15, -0.1) is 0 Å². The Morgan fingerprint density at radius 1 is 1.15 bits per heavy atom. The average Bonchev–Trinajstić information content (AvgIpc) is 2.42. The molecule has 0 saturated heterocycles. The summed E-state index contributed by atoms with van der Waals surface area (Å²) in [5, 5.41) is 3.41. The summed E-state index contributed by atoms with van der Waals surface area (Å²) in [4.78, 5) is 0.326. The van der Waals surface area contributed by atoms with Crippen LogP contribution in [0.4, 0.5) is 5.69 Å². The van der Waals surface area contributed by atoms with Gasteiger partial charge in [0.05, 0.1) is 5.69 Å². The maximum atomic E-state index is 12.0. The topological polar surface area (TPSA) is 58.2 Å². The Balaban J connectivity index is 2.15. The van der Waals surface area contributed by atoms with Crippen molar-refractivity contribution < 1.29 is 8.42 Å². The smallest absolute Gasteiger partial charge is 0.242 e. The largest absolute Gasteiger partial charge is 0.381 e. The highest BCUT2D eigenvalue weighted by molar-refractivity contribution is 7.89. The molecule has 20 heavy (non-hydrogen) atoms. The lowest BCUT2D eigenvalue weighted by molar-refractivity contribution is 0.232. The summed E-state index contributed by atoms with van der Waals surface area (Å²) in [7, 11) is -1.98. The monoisotopic (exact) mass is 296 g/mol. The molecule has 112 valence electrons. The molecule has 2 N–H and O–H groups in total. The van der Waals surface area contributed by atoms with Crippen molar-refractivity contribution in [3.8, 4) is 0 Å². The minimum atomic E-state index is -3.41. The van der Waals surface area contributed by atoms with Gasteiger partial charge < -0.3 is 5.32 Å². The predicted octanol–water partition coefficient (Wildman–Crippen LogP) is 2.98. The van der Waals surface area contributed by atoms with Crippen LogP contribution in [0.1, 0.15) is 39.5 Å². The van der Waals surface area contributed by atoms with Gasteiger partial charge >= 0.3 is 0 Å². The molecule has 2 rings (SSSR count). The van der Waals surface area contributed by atoms with Crippen LogP contribution in [0.15, 0.2) is 29.2 Å². The van der Waals surface area contributed by atoms with Crippen LogP contribution in [0.5, 0.6) is 0 Å². The second-order valence-electron chi connectivity index (χ2n) is 6.29. The molecule has 0 atom stereocenters. The molecule has 0 bridgehead atoms. The van der Waals surface area contributed by atoms with Gasteiger partial charge in [-0.2, -0.15) is 0 Å². The number of hydrogen-bond donors (Lipinski definition) is 2. The molecule has 0 aromatic heterocycles. The lowest BCUT2D eigenvalue weighted by Crippen LogP contribution is -2.30.